The molecule has 1 aromatic carbocycles. The summed E-state index contributed by atoms with van der Waals surface area (Å²) in [5.74, 6) is -0.649. The Morgan fingerprint density at radius 2 is 1.93 bits per heavy atom. The molecule has 2 aromatic heterocycles. The van der Waals surface area contributed by atoms with E-state index in [9.17, 15) is 9.59 Å². The van der Waals surface area contributed by atoms with Gasteiger partial charge in [0.25, 0.3) is 0 Å². The highest BCUT2D eigenvalue weighted by Crippen LogP contribution is 2.57. The van der Waals surface area contributed by atoms with E-state index < -0.39 is 23.1 Å². The molecule has 0 spiro atoms. The third kappa shape index (κ3) is 5.81. The third-order valence-corrected chi connectivity index (χ3v) is 9.57. The molecule has 3 aromatic rings. The number of aromatic nitrogens is 3. The number of fused-ring (bicyclic) bond motifs is 2. The van der Waals surface area contributed by atoms with Crippen molar-refractivity contribution in [3.8, 4) is 0 Å². The summed E-state index contributed by atoms with van der Waals surface area (Å²) in [6, 6.07) is 13.0. The van der Waals surface area contributed by atoms with E-state index in [2.05, 4.69) is 66.7 Å². The molecule has 1 saturated carbocycles. The van der Waals surface area contributed by atoms with Gasteiger partial charge in [-0.1, -0.05) is 37.3 Å². The van der Waals surface area contributed by atoms with Gasteiger partial charge in [0, 0.05) is 36.9 Å². The van der Waals surface area contributed by atoms with Crippen molar-refractivity contribution in [3.63, 3.8) is 0 Å². The molecule has 4 fully saturated rings. The molecule has 4 aliphatic rings. The number of carbonyl (C=O) groups excluding carboxylic acids is 2. The number of benzene rings is 1. The van der Waals surface area contributed by atoms with Gasteiger partial charge in [-0.2, -0.15) is 0 Å². The summed E-state index contributed by atoms with van der Waals surface area (Å²) in [4.78, 5) is 32.2. The van der Waals surface area contributed by atoms with Crippen molar-refractivity contribution in [2.75, 3.05) is 38.3 Å². The average molecular weight is 604 g/mol. The molecule has 10 nitrogen and oxygen atoms in total. The first kappa shape index (κ1) is 30.5. The molecule has 236 valence electrons. The smallest absolute Gasteiger partial charge is 0.310 e. The second-order valence-electron chi connectivity index (χ2n) is 14.3. The molecule has 44 heavy (non-hydrogen) atoms. The Morgan fingerprint density at radius 1 is 1.18 bits per heavy atom. The van der Waals surface area contributed by atoms with Crippen LogP contribution < -0.4 is 10.2 Å². The first-order chi connectivity index (χ1) is 20.8. The number of hydrogen-bond donors (Lipinski definition) is 1. The highest BCUT2D eigenvalue weighted by molar-refractivity contribution is 5.80. The number of esters is 2. The van der Waals surface area contributed by atoms with E-state index in [1.807, 2.05) is 25.3 Å². The molecule has 0 radical (unpaired) electrons. The predicted molar refractivity (Wildman–Crippen MR) is 167 cm³/mol. The second-order valence-corrected chi connectivity index (χ2v) is 14.3. The molecule has 1 N–H and O–H groups in total. The Morgan fingerprint density at radius 3 is 2.64 bits per heavy atom. The number of nitrogens with one attached hydrogen (secondary N) is 1. The maximum atomic E-state index is 12.8. The summed E-state index contributed by atoms with van der Waals surface area (Å²) in [6.45, 7) is 13.0. The molecule has 10 heteroatoms. The van der Waals surface area contributed by atoms with E-state index >= 15 is 0 Å². The SMILES string of the molecule is COC(=O)CC(CCNC12COC(c3nc4c(C)cc(N5CC[C@](C)(c6ccccc6)C5)cn4n3)(C1)C2)C(=O)OC(C)(C)C. The molecular weight excluding hydrogens is 558 g/mol. The zero-order valence-corrected chi connectivity index (χ0v) is 26.8. The molecule has 1 aliphatic carbocycles. The normalized spacial score (nSPS) is 26.9. The molecule has 7 rings (SSSR count). The highest BCUT2D eigenvalue weighted by atomic mass is 16.6. The van der Waals surface area contributed by atoms with E-state index in [1.54, 1.807) is 0 Å². The van der Waals surface area contributed by atoms with Crippen LogP contribution in [0.15, 0.2) is 42.6 Å². The number of ether oxygens (including phenoxy) is 3. The van der Waals surface area contributed by atoms with Crippen molar-refractivity contribution >= 4 is 23.3 Å². The first-order valence-corrected chi connectivity index (χ1v) is 15.7. The highest BCUT2D eigenvalue weighted by Gasteiger charge is 2.65. The lowest BCUT2D eigenvalue weighted by Crippen LogP contribution is -2.57. The Kier molecular flexibility index (Phi) is 7.73. The number of nitrogens with zero attached hydrogens (tertiary/aromatic N) is 4. The van der Waals surface area contributed by atoms with Gasteiger partial charge < -0.3 is 24.4 Å². The van der Waals surface area contributed by atoms with Crippen LogP contribution in [0.2, 0.25) is 0 Å². The van der Waals surface area contributed by atoms with Crippen molar-refractivity contribution in [1.82, 2.24) is 19.9 Å². The summed E-state index contributed by atoms with van der Waals surface area (Å²) in [5, 5.41) is 8.56. The van der Waals surface area contributed by atoms with Gasteiger partial charge in [-0.3, -0.25) is 9.59 Å². The fourth-order valence-corrected chi connectivity index (χ4v) is 7.16. The minimum Gasteiger partial charge on any atom is -0.469 e. The summed E-state index contributed by atoms with van der Waals surface area (Å²) in [6.07, 6.45) is 5.19. The van der Waals surface area contributed by atoms with Crippen LogP contribution in [0.4, 0.5) is 5.69 Å². The van der Waals surface area contributed by atoms with Crippen LogP contribution in [0.1, 0.15) is 76.8 Å². The van der Waals surface area contributed by atoms with E-state index in [0.717, 1.165) is 55.1 Å². The van der Waals surface area contributed by atoms with Crippen molar-refractivity contribution in [2.24, 2.45) is 5.92 Å². The molecule has 2 bridgehead atoms. The van der Waals surface area contributed by atoms with Crippen LogP contribution in [0.5, 0.6) is 0 Å². The van der Waals surface area contributed by atoms with E-state index in [4.69, 9.17) is 24.3 Å². The van der Waals surface area contributed by atoms with Crippen molar-refractivity contribution in [3.05, 3.63) is 59.5 Å². The third-order valence-electron chi connectivity index (χ3n) is 9.57. The number of carbonyl (C=O) groups is 2. The number of pyridine rings is 1. The Bertz CT molecular complexity index is 1540. The Balaban J connectivity index is 1.10. The molecular formula is C34H45N5O5. The number of rotatable bonds is 10. The van der Waals surface area contributed by atoms with Crippen LogP contribution in [0.3, 0.4) is 0 Å². The number of anilines is 1. The van der Waals surface area contributed by atoms with Gasteiger partial charge in [-0.05, 0) is 64.3 Å². The summed E-state index contributed by atoms with van der Waals surface area (Å²) >= 11 is 0. The number of hydrogen-bond acceptors (Lipinski definition) is 9. The van der Waals surface area contributed by atoms with Gasteiger partial charge in [0.05, 0.1) is 37.9 Å². The average Bonchev–Trinajstić information content (AvgIpc) is 3.74. The van der Waals surface area contributed by atoms with Crippen LogP contribution in [-0.4, -0.2) is 71.0 Å². The van der Waals surface area contributed by atoms with Gasteiger partial charge in [0.1, 0.15) is 11.2 Å². The number of aryl methyl sites for hydroxylation is 1. The van der Waals surface area contributed by atoms with Crippen LogP contribution in [0, 0.1) is 12.8 Å². The van der Waals surface area contributed by atoms with E-state index in [1.165, 1.54) is 12.7 Å². The molecule has 2 atom stereocenters. The lowest BCUT2D eigenvalue weighted by Gasteiger charge is -2.43. The van der Waals surface area contributed by atoms with Gasteiger partial charge in [-0.25, -0.2) is 9.50 Å². The standard InChI is InChI=1S/C34H45N5O5/c1-23-16-26(38-15-13-32(5,21-38)25-10-8-7-9-11-25)18-39-28(23)36-30(37-39)34-19-33(20-34,22-43-34)35-14-12-24(17-27(40)42-6)29(41)44-31(2,3)4/h7-11,16,18,24,35H,12-15,17,19-22H2,1-6H3/t24?,32-,33?,34?/m0/s1. The zero-order valence-electron chi connectivity index (χ0n) is 26.8. The zero-order chi connectivity index (χ0) is 31.3. The summed E-state index contributed by atoms with van der Waals surface area (Å²) in [5.41, 5.74) is 3.27. The van der Waals surface area contributed by atoms with Crippen molar-refractivity contribution in [1.29, 1.82) is 0 Å². The maximum Gasteiger partial charge on any atom is 0.310 e. The van der Waals surface area contributed by atoms with Crippen LogP contribution in [0.25, 0.3) is 5.65 Å². The molecule has 3 aliphatic heterocycles. The van der Waals surface area contributed by atoms with E-state index in [0.29, 0.717) is 19.6 Å². The largest absolute Gasteiger partial charge is 0.469 e. The lowest BCUT2D eigenvalue weighted by atomic mass is 9.68. The fraction of sp³-hybridized carbons (Fsp3) is 0.588. The Hall–Kier alpha value is -3.50. The van der Waals surface area contributed by atoms with Crippen LogP contribution >= 0.6 is 0 Å². The fourth-order valence-electron chi connectivity index (χ4n) is 7.16. The van der Waals surface area contributed by atoms with Gasteiger partial charge >= 0.3 is 11.9 Å². The molecule has 5 heterocycles. The minimum absolute atomic E-state index is 0.00401. The first-order valence-electron chi connectivity index (χ1n) is 15.7. The second kappa shape index (κ2) is 11.1. The topological polar surface area (TPSA) is 107 Å². The van der Waals surface area contributed by atoms with Crippen LogP contribution in [-0.2, 0) is 34.8 Å². The predicted octanol–water partition coefficient (Wildman–Crippen LogP) is 4.46. The molecule has 1 unspecified atom stereocenters. The Labute approximate surface area is 259 Å². The monoisotopic (exact) mass is 603 g/mol. The maximum absolute atomic E-state index is 12.8. The molecule has 3 saturated heterocycles. The minimum atomic E-state index is -0.623. The van der Waals surface area contributed by atoms with Gasteiger partial charge in [0.15, 0.2) is 11.5 Å². The number of methoxy groups -OCH3 is 1. The van der Waals surface area contributed by atoms with Gasteiger partial charge in [-0.15, -0.1) is 5.10 Å². The summed E-state index contributed by atoms with van der Waals surface area (Å²) < 4.78 is 18.7. The molecule has 0 amide bonds. The quantitative estimate of drug-likeness (QED) is 0.336. The summed E-state index contributed by atoms with van der Waals surface area (Å²) in [7, 11) is 1.33. The van der Waals surface area contributed by atoms with Gasteiger partial charge in [0.2, 0.25) is 0 Å². The van der Waals surface area contributed by atoms with Crippen molar-refractivity contribution in [2.45, 2.75) is 88.9 Å². The van der Waals surface area contributed by atoms with Crippen molar-refractivity contribution < 1.29 is 23.8 Å². The lowest BCUT2D eigenvalue weighted by molar-refractivity contribution is -0.163. The van der Waals surface area contributed by atoms with E-state index in [-0.39, 0.29) is 23.3 Å².